The molecule has 0 aromatic heterocycles. The second kappa shape index (κ2) is 21.8. The maximum absolute atomic E-state index is 5.33. The Morgan fingerprint density at radius 3 is 0.750 bits per heavy atom. The molecule has 7 heteroatoms. The zero-order valence-corrected chi connectivity index (χ0v) is 17.9. The minimum absolute atomic E-state index is 0. The second-order valence-electron chi connectivity index (χ2n) is 4.64. The van der Waals surface area contributed by atoms with Crippen molar-refractivity contribution in [3.63, 3.8) is 0 Å². The van der Waals surface area contributed by atoms with Gasteiger partial charge in [0, 0.05) is 0 Å². The Balaban J connectivity index is 0.000000751. The average Bonchev–Trinajstić information content (AvgIpc) is 3.15. The molecule has 24 heavy (non-hydrogen) atoms. The van der Waals surface area contributed by atoms with Crippen molar-refractivity contribution < 1.29 is 79.8 Å². The fraction of sp³-hybridized carbons (Fsp3) is 0.706. The van der Waals surface area contributed by atoms with E-state index in [2.05, 4.69) is 0 Å². The summed E-state index contributed by atoms with van der Waals surface area (Å²) in [6.07, 6.45) is 0. The van der Waals surface area contributed by atoms with Crippen LogP contribution in [0.4, 0.5) is 0 Å². The van der Waals surface area contributed by atoms with Gasteiger partial charge in [0.2, 0.25) is 0 Å². The van der Waals surface area contributed by atoms with Crippen molar-refractivity contribution in [3.8, 4) is 0 Å². The van der Waals surface area contributed by atoms with Crippen LogP contribution < -0.4 is 51.4 Å². The van der Waals surface area contributed by atoms with Gasteiger partial charge in [0.05, 0.1) is 79.3 Å². The third-order valence-electron chi connectivity index (χ3n) is 2.79. The van der Waals surface area contributed by atoms with Crippen LogP contribution in [-0.4, -0.2) is 79.3 Å². The second-order valence-corrected chi connectivity index (χ2v) is 4.64. The molecule has 0 bridgehead atoms. The van der Waals surface area contributed by atoms with Crippen LogP contribution >= 0.6 is 0 Å². The summed E-state index contributed by atoms with van der Waals surface area (Å²) in [7, 11) is 0. The van der Waals surface area contributed by atoms with Gasteiger partial charge >= 0.3 is 51.4 Å². The molecule has 1 fully saturated rings. The Labute approximate surface area is 187 Å². The molecule has 0 amide bonds. The van der Waals surface area contributed by atoms with E-state index in [0.717, 1.165) is 0 Å². The van der Waals surface area contributed by atoms with Crippen LogP contribution in [0.15, 0.2) is 30.3 Å². The quantitative estimate of drug-likeness (QED) is 0.411. The molecule has 2 rings (SSSR count). The molecule has 0 unspecified atom stereocenters. The Morgan fingerprint density at radius 1 is 0.417 bits per heavy atom. The maximum atomic E-state index is 5.33. The Hall–Kier alpha value is 0.746. The predicted molar refractivity (Wildman–Crippen MR) is 86.9 cm³/mol. The first kappa shape index (κ1) is 24.7. The van der Waals surface area contributed by atoms with Crippen molar-refractivity contribution in [1.82, 2.24) is 0 Å². The summed E-state index contributed by atoms with van der Waals surface area (Å²) >= 11 is 0. The van der Waals surface area contributed by atoms with E-state index in [9.17, 15) is 0 Å². The van der Waals surface area contributed by atoms with Gasteiger partial charge in [0.25, 0.3) is 0 Å². The van der Waals surface area contributed by atoms with Gasteiger partial charge < -0.3 is 28.4 Å². The summed E-state index contributed by atoms with van der Waals surface area (Å²) < 4.78 is 32.0. The number of rotatable bonds is 0. The first-order valence-electron chi connectivity index (χ1n) is 8.13. The molecule has 1 aliphatic heterocycles. The van der Waals surface area contributed by atoms with Crippen LogP contribution in [0, 0.1) is 0 Å². The molecule has 0 spiro atoms. The molecule has 134 valence electrons. The van der Waals surface area contributed by atoms with Gasteiger partial charge in [0.1, 0.15) is 0 Å². The fourth-order valence-corrected chi connectivity index (χ4v) is 1.64. The van der Waals surface area contributed by atoms with Crippen molar-refractivity contribution in [3.05, 3.63) is 30.3 Å². The Bertz CT molecular complexity index is 218. The smallest absolute Gasteiger partial charge is 0.377 e. The molecule has 1 heterocycles. The fourth-order valence-electron chi connectivity index (χ4n) is 1.64. The van der Waals surface area contributed by atoms with Crippen LogP contribution in [0.25, 0.3) is 0 Å². The first-order valence-corrected chi connectivity index (χ1v) is 8.13. The van der Waals surface area contributed by atoms with E-state index < -0.39 is 0 Å². The summed E-state index contributed by atoms with van der Waals surface area (Å²) in [4.78, 5) is 0. The van der Waals surface area contributed by atoms with E-state index in [1.165, 1.54) is 0 Å². The molecule has 1 aliphatic rings. The molecule has 6 nitrogen and oxygen atoms in total. The molecule has 1 aromatic rings. The van der Waals surface area contributed by atoms with Gasteiger partial charge in [-0.3, -0.25) is 0 Å². The van der Waals surface area contributed by atoms with Crippen LogP contribution in [-0.2, 0) is 28.4 Å². The Morgan fingerprint density at radius 2 is 0.625 bits per heavy atom. The van der Waals surface area contributed by atoms with E-state index in [4.69, 9.17) is 28.4 Å². The van der Waals surface area contributed by atoms with Gasteiger partial charge in [-0.1, -0.05) is 0 Å². The molecule has 0 saturated carbocycles. The summed E-state index contributed by atoms with van der Waals surface area (Å²) in [5.74, 6) is 0. The number of ether oxygens (including phenoxy) is 6. The SMILES string of the molecule is C1COCCOCCOCCOCCOCCO1.[K+].c1cc[cH-]c1. The van der Waals surface area contributed by atoms with Gasteiger partial charge in [0.15, 0.2) is 0 Å². The molecular formula is C17H29KO6. The minimum Gasteiger partial charge on any atom is -0.377 e. The van der Waals surface area contributed by atoms with Crippen LogP contribution in [0.2, 0.25) is 0 Å². The summed E-state index contributed by atoms with van der Waals surface area (Å²) in [5, 5.41) is 0. The normalized spacial score (nSPS) is 19.7. The summed E-state index contributed by atoms with van der Waals surface area (Å²) in [6, 6.07) is 10.0. The third-order valence-corrected chi connectivity index (χ3v) is 2.79. The molecular weight excluding hydrogens is 339 g/mol. The zero-order chi connectivity index (χ0) is 16.3. The standard InChI is InChI=1S/C12H24O6.C5H5.K/c1-2-14-5-6-16-9-10-18-12-11-17-8-7-15-4-3-13-1;1-2-4-5-3-1;/h1-12H2;1-5H;/q;-1;+1. The van der Waals surface area contributed by atoms with Crippen molar-refractivity contribution >= 4 is 0 Å². The van der Waals surface area contributed by atoms with Crippen molar-refractivity contribution in [1.29, 1.82) is 0 Å². The van der Waals surface area contributed by atoms with Gasteiger partial charge in [-0.05, 0) is 0 Å². The molecule has 0 radical (unpaired) electrons. The first-order chi connectivity index (χ1) is 11.5. The van der Waals surface area contributed by atoms with E-state index in [-0.39, 0.29) is 51.4 Å². The van der Waals surface area contributed by atoms with Gasteiger partial charge in [-0.25, -0.2) is 12.1 Å². The van der Waals surface area contributed by atoms with E-state index >= 15 is 0 Å². The molecule has 0 aliphatic carbocycles. The summed E-state index contributed by atoms with van der Waals surface area (Å²) in [6.45, 7) is 7.04. The van der Waals surface area contributed by atoms with Crippen molar-refractivity contribution in [2.75, 3.05) is 79.3 Å². The van der Waals surface area contributed by atoms with Crippen LogP contribution in [0.5, 0.6) is 0 Å². The monoisotopic (exact) mass is 368 g/mol. The third kappa shape index (κ3) is 19.1. The molecule has 1 aromatic carbocycles. The van der Waals surface area contributed by atoms with Gasteiger partial charge in [-0.15, -0.1) is 0 Å². The van der Waals surface area contributed by atoms with E-state index in [0.29, 0.717) is 79.3 Å². The molecule has 1 saturated heterocycles. The molecule has 0 N–H and O–H groups in total. The van der Waals surface area contributed by atoms with Crippen molar-refractivity contribution in [2.45, 2.75) is 0 Å². The number of hydrogen-bond acceptors (Lipinski definition) is 6. The van der Waals surface area contributed by atoms with E-state index in [1.54, 1.807) is 0 Å². The average molecular weight is 369 g/mol. The van der Waals surface area contributed by atoms with E-state index in [1.807, 2.05) is 30.3 Å². The number of hydrogen-bond donors (Lipinski definition) is 0. The van der Waals surface area contributed by atoms with Crippen molar-refractivity contribution in [2.24, 2.45) is 0 Å². The molecule has 0 atom stereocenters. The van der Waals surface area contributed by atoms with Gasteiger partial charge in [-0.2, -0.15) is 18.2 Å². The predicted octanol–water partition coefficient (Wildman–Crippen LogP) is -1.49. The minimum atomic E-state index is 0. The largest absolute Gasteiger partial charge is 1.00 e. The Kier molecular flexibility index (Phi) is 22.5. The zero-order valence-electron chi connectivity index (χ0n) is 14.8. The van der Waals surface area contributed by atoms with Crippen LogP contribution in [0.3, 0.4) is 0 Å². The van der Waals surface area contributed by atoms with Crippen LogP contribution in [0.1, 0.15) is 0 Å². The maximum Gasteiger partial charge on any atom is 1.00 e. The topological polar surface area (TPSA) is 55.4 Å². The summed E-state index contributed by atoms with van der Waals surface area (Å²) in [5.41, 5.74) is 0.